The van der Waals surface area contributed by atoms with Gasteiger partial charge >= 0.3 is 5.97 Å². The fourth-order valence-corrected chi connectivity index (χ4v) is 3.06. The molecule has 0 saturated carbocycles. The van der Waals surface area contributed by atoms with Crippen molar-refractivity contribution in [1.82, 2.24) is 5.32 Å². The number of esters is 1. The van der Waals surface area contributed by atoms with Crippen molar-refractivity contribution in [2.24, 2.45) is 0 Å². The molecule has 0 aliphatic heterocycles. The maximum Gasteiger partial charge on any atom is 0.308 e. The zero-order chi connectivity index (χ0) is 22.9. The summed E-state index contributed by atoms with van der Waals surface area (Å²) in [6, 6.07) is 20.9. The van der Waals surface area contributed by atoms with Crippen molar-refractivity contribution in [1.29, 1.82) is 0 Å². The van der Waals surface area contributed by atoms with Crippen LogP contribution in [0.1, 0.15) is 28.4 Å². The Labute approximate surface area is 186 Å². The summed E-state index contributed by atoms with van der Waals surface area (Å²) in [7, 11) is 1.59. The molecule has 0 aromatic heterocycles. The number of hydrogen-bond acceptors (Lipinski definition) is 5. The molecular weight excluding hydrogens is 408 g/mol. The van der Waals surface area contributed by atoms with Gasteiger partial charge in [0.15, 0.2) is 0 Å². The van der Waals surface area contributed by atoms with Gasteiger partial charge < -0.3 is 20.1 Å². The highest BCUT2D eigenvalue weighted by Gasteiger charge is 2.11. The van der Waals surface area contributed by atoms with Crippen LogP contribution in [0.15, 0.2) is 72.8 Å². The molecule has 0 fully saturated rings. The number of benzene rings is 3. The molecule has 0 bridgehead atoms. The van der Waals surface area contributed by atoms with E-state index in [-0.39, 0.29) is 24.8 Å². The van der Waals surface area contributed by atoms with Crippen LogP contribution in [0.4, 0.5) is 5.69 Å². The Balaban J connectivity index is 1.61. The quantitative estimate of drug-likeness (QED) is 0.418. The minimum absolute atomic E-state index is 0.164. The summed E-state index contributed by atoms with van der Waals surface area (Å²) in [4.78, 5) is 36.1. The Morgan fingerprint density at radius 3 is 2.34 bits per heavy atom. The first-order valence-electron chi connectivity index (χ1n) is 10.0. The van der Waals surface area contributed by atoms with Crippen molar-refractivity contribution in [2.45, 2.75) is 19.9 Å². The minimum Gasteiger partial charge on any atom is -0.497 e. The topological polar surface area (TPSA) is 93.7 Å². The Hall–Kier alpha value is -4.13. The molecule has 2 N–H and O–H groups in total. The van der Waals surface area contributed by atoms with Gasteiger partial charge in [-0.3, -0.25) is 14.4 Å². The van der Waals surface area contributed by atoms with Crippen molar-refractivity contribution < 1.29 is 23.9 Å². The first kappa shape index (κ1) is 22.6. The smallest absolute Gasteiger partial charge is 0.308 e. The molecule has 164 valence electrons. The molecule has 32 heavy (non-hydrogen) atoms. The monoisotopic (exact) mass is 432 g/mol. The van der Waals surface area contributed by atoms with Crippen molar-refractivity contribution >= 4 is 23.5 Å². The van der Waals surface area contributed by atoms with Gasteiger partial charge in [-0.2, -0.15) is 0 Å². The first-order valence-corrected chi connectivity index (χ1v) is 10.0. The van der Waals surface area contributed by atoms with Crippen LogP contribution in [0.2, 0.25) is 0 Å². The normalized spacial score (nSPS) is 10.2. The largest absolute Gasteiger partial charge is 0.497 e. The zero-order valence-corrected chi connectivity index (χ0v) is 17.9. The predicted octanol–water partition coefficient (Wildman–Crippen LogP) is 3.73. The highest BCUT2D eigenvalue weighted by molar-refractivity contribution is 5.95. The molecule has 0 atom stereocenters. The second kappa shape index (κ2) is 10.8. The van der Waals surface area contributed by atoms with Gasteiger partial charge in [0.25, 0.3) is 5.91 Å². The molecule has 0 aliphatic carbocycles. The number of ether oxygens (including phenoxy) is 2. The summed E-state index contributed by atoms with van der Waals surface area (Å²) < 4.78 is 10.1. The number of para-hydroxylation sites is 1. The molecule has 3 aromatic rings. The van der Waals surface area contributed by atoms with E-state index in [9.17, 15) is 14.4 Å². The van der Waals surface area contributed by atoms with E-state index in [0.29, 0.717) is 17.0 Å². The van der Waals surface area contributed by atoms with E-state index < -0.39 is 5.97 Å². The van der Waals surface area contributed by atoms with E-state index in [0.717, 1.165) is 16.9 Å². The molecular formula is C25H24N2O5. The van der Waals surface area contributed by atoms with Crippen molar-refractivity contribution in [3.8, 4) is 11.5 Å². The van der Waals surface area contributed by atoms with Gasteiger partial charge in [-0.25, -0.2) is 0 Å². The molecule has 0 heterocycles. The number of rotatable bonds is 8. The van der Waals surface area contributed by atoms with Crippen LogP contribution in [0.25, 0.3) is 0 Å². The first-order chi connectivity index (χ1) is 15.4. The zero-order valence-electron chi connectivity index (χ0n) is 17.9. The predicted molar refractivity (Wildman–Crippen MR) is 121 cm³/mol. The van der Waals surface area contributed by atoms with Gasteiger partial charge in [0, 0.05) is 24.7 Å². The maximum atomic E-state index is 12.5. The van der Waals surface area contributed by atoms with Crippen molar-refractivity contribution in [2.75, 3.05) is 12.4 Å². The lowest BCUT2D eigenvalue weighted by Gasteiger charge is -2.12. The van der Waals surface area contributed by atoms with Crippen LogP contribution < -0.4 is 20.1 Å². The summed E-state index contributed by atoms with van der Waals surface area (Å²) >= 11 is 0. The molecule has 0 unspecified atom stereocenters. The van der Waals surface area contributed by atoms with Crippen LogP contribution in [0.5, 0.6) is 11.5 Å². The molecule has 0 saturated heterocycles. The van der Waals surface area contributed by atoms with E-state index in [1.807, 2.05) is 42.5 Å². The van der Waals surface area contributed by atoms with E-state index >= 15 is 0 Å². The lowest BCUT2D eigenvalue weighted by molar-refractivity contribution is -0.131. The Morgan fingerprint density at radius 2 is 1.62 bits per heavy atom. The number of methoxy groups -OCH3 is 1. The standard InChI is InChI=1S/C25H24N2O5/c1-17(28)32-22-8-5-7-19(15-22)25(30)26-16-20-6-3-4-9-23(20)27-24(29)14-18-10-12-21(31-2)13-11-18/h3-13,15H,14,16H2,1-2H3,(H,26,30)(H,27,29). The van der Waals surface area contributed by atoms with Gasteiger partial charge in [0.05, 0.1) is 13.5 Å². The SMILES string of the molecule is COc1ccc(CC(=O)Nc2ccccc2CNC(=O)c2cccc(OC(C)=O)c2)cc1. The van der Waals surface area contributed by atoms with Crippen LogP contribution in [0.3, 0.4) is 0 Å². The third kappa shape index (κ3) is 6.43. The van der Waals surface area contributed by atoms with Gasteiger partial charge in [0.2, 0.25) is 5.91 Å². The second-order valence-electron chi connectivity index (χ2n) is 7.03. The highest BCUT2D eigenvalue weighted by atomic mass is 16.5. The third-order valence-electron chi connectivity index (χ3n) is 4.61. The fraction of sp³-hybridized carbons (Fsp3) is 0.160. The van der Waals surface area contributed by atoms with Crippen LogP contribution in [-0.4, -0.2) is 24.9 Å². The van der Waals surface area contributed by atoms with Crippen LogP contribution >= 0.6 is 0 Å². The number of hydrogen-bond donors (Lipinski definition) is 2. The van der Waals surface area contributed by atoms with Gasteiger partial charge in [-0.05, 0) is 47.5 Å². The highest BCUT2D eigenvalue weighted by Crippen LogP contribution is 2.18. The van der Waals surface area contributed by atoms with E-state index in [1.54, 1.807) is 31.4 Å². The van der Waals surface area contributed by atoms with Crippen molar-refractivity contribution in [3.63, 3.8) is 0 Å². The molecule has 7 nitrogen and oxygen atoms in total. The summed E-state index contributed by atoms with van der Waals surface area (Å²) in [5.41, 5.74) is 2.62. The second-order valence-corrected chi connectivity index (χ2v) is 7.03. The Morgan fingerprint density at radius 1 is 0.875 bits per heavy atom. The molecule has 7 heteroatoms. The summed E-state index contributed by atoms with van der Waals surface area (Å²) in [5.74, 6) is 0.0910. The molecule has 3 aromatic carbocycles. The molecule has 0 spiro atoms. The average Bonchev–Trinajstić information content (AvgIpc) is 2.78. The van der Waals surface area contributed by atoms with Gasteiger partial charge in [0.1, 0.15) is 11.5 Å². The fourth-order valence-electron chi connectivity index (χ4n) is 3.06. The Bertz CT molecular complexity index is 1110. The number of anilines is 1. The summed E-state index contributed by atoms with van der Waals surface area (Å²) in [6.45, 7) is 1.52. The van der Waals surface area contributed by atoms with Gasteiger partial charge in [-0.15, -0.1) is 0 Å². The van der Waals surface area contributed by atoms with Gasteiger partial charge in [-0.1, -0.05) is 36.4 Å². The molecule has 0 radical (unpaired) electrons. The maximum absolute atomic E-state index is 12.5. The number of amides is 2. The van der Waals surface area contributed by atoms with E-state index in [1.165, 1.54) is 13.0 Å². The van der Waals surface area contributed by atoms with Crippen LogP contribution in [-0.2, 0) is 22.6 Å². The average molecular weight is 432 g/mol. The molecule has 2 amide bonds. The summed E-state index contributed by atoms with van der Waals surface area (Å²) in [6.07, 6.45) is 0.216. The lowest BCUT2D eigenvalue weighted by Crippen LogP contribution is -2.24. The molecule has 3 rings (SSSR count). The molecule has 0 aliphatic rings. The van der Waals surface area contributed by atoms with Crippen LogP contribution in [0, 0.1) is 0 Å². The minimum atomic E-state index is -0.457. The number of carbonyl (C=O) groups excluding carboxylic acids is 3. The van der Waals surface area contributed by atoms with E-state index in [4.69, 9.17) is 9.47 Å². The third-order valence-corrected chi connectivity index (χ3v) is 4.61. The summed E-state index contributed by atoms with van der Waals surface area (Å²) in [5, 5.41) is 5.73. The Kier molecular flexibility index (Phi) is 7.59. The number of carbonyl (C=O) groups is 3. The van der Waals surface area contributed by atoms with E-state index in [2.05, 4.69) is 10.6 Å². The lowest BCUT2D eigenvalue weighted by atomic mass is 10.1. The van der Waals surface area contributed by atoms with Crippen molar-refractivity contribution in [3.05, 3.63) is 89.5 Å². The number of nitrogens with one attached hydrogen (secondary N) is 2.